The highest BCUT2D eigenvalue weighted by Gasteiger charge is 2.25. The minimum absolute atomic E-state index is 0.0717. The molecule has 7 heteroatoms. The van der Waals surface area contributed by atoms with Crippen molar-refractivity contribution in [1.29, 1.82) is 0 Å². The molecular weight excluding hydrogens is 278 g/mol. The molecule has 1 fully saturated rings. The van der Waals surface area contributed by atoms with Gasteiger partial charge in [-0.25, -0.2) is 13.4 Å². The number of carbonyl (C=O) groups is 1. The highest BCUT2D eigenvalue weighted by atomic mass is 32.2. The predicted molar refractivity (Wildman–Crippen MR) is 77.7 cm³/mol. The number of pyridine rings is 1. The Hall–Kier alpha value is -1.63. The summed E-state index contributed by atoms with van der Waals surface area (Å²) >= 11 is 0. The summed E-state index contributed by atoms with van der Waals surface area (Å²) in [6, 6.07) is 3.33. The molecule has 0 unspecified atom stereocenters. The van der Waals surface area contributed by atoms with E-state index in [9.17, 15) is 13.2 Å². The highest BCUT2D eigenvalue weighted by Crippen LogP contribution is 2.14. The summed E-state index contributed by atoms with van der Waals surface area (Å²) in [7, 11) is -1.16. The molecule has 2 heterocycles. The largest absolute Gasteiger partial charge is 0.373 e. The van der Waals surface area contributed by atoms with E-state index in [1.54, 1.807) is 19.2 Å². The summed E-state index contributed by atoms with van der Waals surface area (Å²) in [5.74, 6) is 0.752. The van der Waals surface area contributed by atoms with Crippen molar-refractivity contribution in [3.8, 4) is 0 Å². The Kier molecular flexibility index (Phi) is 4.27. The van der Waals surface area contributed by atoms with E-state index in [4.69, 9.17) is 0 Å². The number of rotatable bonds is 3. The van der Waals surface area contributed by atoms with E-state index in [0.29, 0.717) is 24.2 Å². The number of nitrogens with one attached hydrogen (secondary N) is 2. The van der Waals surface area contributed by atoms with E-state index in [0.717, 1.165) is 5.69 Å². The molecule has 0 aliphatic carbocycles. The van der Waals surface area contributed by atoms with Crippen LogP contribution < -0.4 is 10.6 Å². The van der Waals surface area contributed by atoms with E-state index in [-0.39, 0.29) is 23.5 Å². The van der Waals surface area contributed by atoms with E-state index < -0.39 is 9.84 Å². The van der Waals surface area contributed by atoms with Crippen LogP contribution in [-0.2, 0) is 9.84 Å². The SMILES string of the molecule is CNc1cc(C(=O)NC2CCS(=O)(=O)CC2)cc(C)n1. The molecule has 0 spiro atoms. The third-order valence-electron chi connectivity index (χ3n) is 3.36. The summed E-state index contributed by atoms with van der Waals surface area (Å²) in [6.07, 6.45) is 0.966. The highest BCUT2D eigenvalue weighted by molar-refractivity contribution is 7.91. The molecule has 2 rings (SSSR count). The number of hydrogen-bond acceptors (Lipinski definition) is 5. The number of anilines is 1. The van der Waals surface area contributed by atoms with Gasteiger partial charge in [0.2, 0.25) is 0 Å². The number of nitrogens with zero attached hydrogens (tertiary/aromatic N) is 1. The zero-order chi connectivity index (χ0) is 14.8. The fourth-order valence-electron chi connectivity index (χ4n) is 2.23. The van der Waals surface area contributed by atoms with Gasteiger partial charge in [-0.15, -0.1) is 0 Å². The summed E-state index contributed by atoms with van der Waals surface area (Å²) in [5.41, 5.74) is 1.29. The van der Waals surface area contributed by atoms with Gasteiger partial charge >= 0.3 is 0 Å². The van der Waals surface area contributed by atoms with E-state index in [1.807, 2.05) is 6.92 Å². The van der Waals surface area contributed by atoms with Crippen LogP contribution in [0.2, 0.25) is 0 Å². The lowest BCUT2D eigenvalue weighted by atomic mass is 10.1. The first-order valence-electron chi connectivity index (χ1n) is 6.57. The standard InChI is InChI=1S/C13H19N3O3S/c1-9-7-10(8-12(14-2)15-9)13(17)16-11-3-5-20(18,19)6-4-11/h7-8,11H,3-6H2,1-2H3,(H,14,15)(H,16,17). The van der Waals surface area contributed by atoms with Crippen LogP contribution in [0.25, 0.3) is 0 Å². The van der Waals surface area contributed by atoms with E-state index >= 15 is 0 Å². The minimum Gasteiger partial charge on any atom is -0.373 e. The maximum absolute atomic E-state index is 12.2. The Bertz CT molecular complexity index is 599. The second-order valence-electron chi connectivity index (χ2n) is 5.03. The number of amides is 1. The van der Waals surface area contributed by atoms with Crippen molar-refractivity contribution in [1.82, 2.24) is 10.3 Å². The van der Waals surface area contributed by atoms with Gasteiger partial charge in [0, 0.05) is 24.3 Å². The van der Waals surface area contributed by atoms with Crippen molar-refractivity contribution >= 4 is 21.6 Å². The summed E-state index contributed by atoms with van der Waals surface area (Å²) < 4.78 is 22.7. The topological polar surface area (TPSA) is 88.2 Å². The Morgan fingerprint density at radius 2 is 1.95 bits per heavy atom. The van der Waals surface area contributed by atoms with Crippen LogP contribution in [0.4, 0.5) is 5.82 Å². The van der Waals surface area contributed by atoms with Crippen LogP contribution in [-0.4, -0.2) is 43.9 Å². The number of carbonyl (C=O) groups excluding carboxylic acids is 1. The third kappa shape index (κ3) is 3.69. The van der Waals surface area contributed by atoms with Crippen LogP contribution in [0.15, 0.2) is 12.1 Å². The first-order valence-corrected chi connectivity index (χ1v) is 8.39. The van der Waals surface area contributed by atoms with Crippen molar-refractivity contribution in [3.05, 3.63) is 23.4 Å². The Balaban J connectivity index is 2.04. The molecule has 1 aliphatic rings. The van der Waals surface area contributed by atoms with Crippen LogP contribution in [0.1, 0.15) is 28.9 Å². The molecule has 0 bridgehead atoms. The zero-order valence-electron chi connectivity index (χ0n) is 11.6. The van der Waals surface area contributed by atoms with Crippen molar-refractivity contribution in [2.75, 3.05) is 23.9 Å². The summed E-state index contributed by atoms with van der Waals surface area (Å²) in [6.45, 7) is 1.82. The number of sulfone groups is 1. The van der Waals surface area contributed by atoms with Crippen molar-refractivity contribution in [2.45, 2.75) is 25.8 Å². The van der Waals surface area contributed by atoms with Crippen LogP contribution in [0, 0.1) is 6.92 Å². The fourth-order valence-corrected chi connectivity index (χ4v) is 3.72. The quantitative estimate of drug-likeness (QED) is 0.859. The lowest BCUT2D eigenvalue weighted by Gasteiger charge is -2.23. The normalized spacial score (nSPS) is 18.5. The van der Waals surface area contributed by atoms with Crippen LogP contribution in [0.5, 0.6) is 0 Å². The van der Waals surface area contributed by atoms with Crippen molar-refractivity contribution in [2.24, 2.45) is 0 Å². The molecule has 1 aromatic rings. The van der Waals surface area contributed by atoms with Gasteiger partial charge in [0.25, 0.3) is 5.91 Å². The van der Waals surface area contributed by atoms with Gasteiger partial charge in [-0.2, -0.15) is 0 Å². The maximum Gasteiger partial charge on any atom is 0.251 e. The second-order valence-corrected chi connectivity index (χ2v) is 7.34. The van der Waals surface area contributed by atoms with E-state index in [2.05, 4.69) is 15.6 Å². The molecule has 110 valence electrons. The molecule has 1 amide bonds. The van der Waals surface area contributed by atoms with Gasteiger partial charge in [-0.1, -0.05) is 0 Å². The van der Waals surface area contributed by atoms with Gasteiger partial charge in [-0.05, 0) is 31.9 Å². The molecule has 1 aromatic heterocycles. The summed E-state index contributed by atoms with van der Waals surface area (Å²) in [4.78, 5) is 16.4. The fraction of sp³-hybridized carbons (Fsp3) is 0.538. The molecule has 0 aromatic carbocycles. The Morgan fingerprint density at radius 3 is 2.55 bits per heavy atom. The molecule has 2 N–H and O–H groups in total. The van der Waals surface area contributed by atoms with Gasteiger partial charge in [0.1, 0.15) is 15.7 Å². The second kappa shape index (κ2) is 5.78. The molecule has 1 aliphatic heterocycles. The van der Waals surface area contributed by atoms with Crippen LogP contribution in [0.3, 0.4) is 0 Å². The average molecular weight is 297 g/mol. The van der Waals surface area contributed by atoms with E-state index in [1.165, 1.54) is 0 Å². The van der Waals surface area contributed by atoms with Crippen molar-refractivity contribution < 1.29 is 13.2 Å². The molecule has 20 heavy (non-hydrogen) atoms. The Morgan fingerprint density at radius 1 is 1.30 bits per heavy atom. The first kappa shape index (κ1) is 14.8. The molecule has 1 saturated heterocycles. The lowest BCUT2D eigenvalue weighted by Crippen LogP contribution is -2.40. The predicted octanol–water partition coefficient (Wildman–Crippen LogP) is 0.739. The van der Waals surface area contributed by atoms with Gasteiger partial charge in [0.05, 0.1) is 11.5 Å². The van der Waals surface area contributed by atoms with Crippen molar-refractivity contribution in [3.63, 3.8) is 0 Å². The average Bonchev–Trinajstić information content (AvgIpc) is 2.40. The maximum atomic E-state index is 12.2. The number of aryl methyl sites for hydroxylation is 1. The molecule has 0 saturated carbocycles. The van der Waals surface area contributed by atoms with Crippen LogP contribution >= 0.6 is 0 Å². The van der Waals surface area contributed by atoms with Gasteiger partial charge in [-0.3, -0.25) is 4.79 Å². The Labute approximate surface area is 118 Å². The molecular formula is C13H19N3O3S. The first-order chi connectivity index (χ1) is 9.39. The third-order valence-corrected chi connectivity index (χ3v) is 5.08. The monoisotopic (exact) mass is 297 g/mol. The molecule has 0 atom stereocenters. The molecule has 6 nitrogen and oxygen atoms in total. The lowest BCUT2D eigenvalue weighted by molar-refractivity contribution is 0.0934. The smallest absolute Gasteiger partial charge is 0.251 e. The zero-order valence-corrected chi connectivity index (χ0v) is 12.5. The number of aromatic nitrogens is 1. The number of hydrogen-bond donors (Lipinski definition) is 2. The molecule has 0 radical (unpaired) electrons. The summed E-state index contributed by atoms with van der Waals surface area (Å²) in [5, 5.41) is 5.80. The van der Waals surface area contributed by atoms with Gasteiger partial charge < -0.3 is 10.6 Å². The van der Waals surface area contributed by atoms with Gasteiger partial charge in [0.15, 0.2) is 0 Å². The minimum atomic E-state index is -2.90.